The summed E-state index contributed by atoms with van der Waals surface area (Å²) in [7, 11) is 0. The van der Waals surface area contributed by atoms with E-state index in [0.29, 0.717) is 16.6 Å². The Labute approximate surface area is 121 Å². The molecule has 20 heavy (non-hydrogen) atoms. The Morgan fingerprint density at radius 2 is 2.00 bits per heavy atom. The Hall–Kier alpha value is -1.50. The third kappa shape index (κ3) is 2.09. The van der Waals surface area contributed by atoms with Crippen LogP contribution in [0.25, 0.3) is 10.9 Å². The van der Waals surface area contributed by atoms with Crippen LogP contribution in [-0.4, -0.2) is 16.7 Å². The summed E-state index contributed by atoms with van der Waals surface area (Å²) < 4.78 is 40.0. The molecule has 2 aromatic rings. The van der Waals surface area contributed by atoms with Gasteiger partial charge in [0, 0.05) is 9.86 Å². The predicted molar refractivity (Wildman–Crippen MR) is 75.5 cm³/mol. The molecule has 0 aliphatic heterocycles. The second-order valence-electron chi connectivity index (χ2n) is 4.95. The summed E-state index contributed by atoms with van der Waals surface area (Å²) in [5, 5.41) is 3.18. The highest BCUT2D eigenvalue weighted by Gasteiger charge is 2.63. The SMILES string of the molecule is Nc1cnc2ccc(Br)cc2c1NC1(C(F)(F)F)CC1. The summed E-state index contributed by atoms with van der Waals surface area (Å²) in [6.45, 7) is 0. The lowest BCUT2D eigenvalue weighted by molar-refractivity contribution is -0.151. The highest BCUT2D eigenvalue weighted by molar-refractivity contribution is 9.10. The van der Waals surface area contributed by atoms with Gasteiger partial charge < -0.3 is 11.1 Å². The average molecular weight is 346 g/mol. The highest BCUT2D eigenvalue weighted by atomic mass is 79.9. The number of alkyl halides is 3. The number of hydrogen-bond acceptors (Lipinski definition) is 3. The fraction of sp³-hybridized carbons (Fsp3) is 0.308. The van der Waals surface area contributed by atoms with Gasteiger partial charge >= 0.3 is 6.18 Å². The summed E-state index contributed by atoms with van der Waals surface area (Å²) in [5.74, 6) is 0. The summed E-state index contributed by atoms with van der Waals surface area (Å²) >= 11 is 3.31. The van der Waals surface area contributed by atoms with Gasteiger partial charge in [0.05, 0.1) is 23.1 Å². The number of benzene rings is 1. The summed E-state index contributed by atoms with van der Waals surface area (Å²) in [6.07, 6.45) is -2.78. The molecular weight excluding hydrogens is 335 g/mol. The van der Waals surface area contributed by atoms with Gasteiger partial charge in [-0.15, -0.1) is 0 Å². The molecule has 0 spiro atoms. The molecule has 0 amide bonds. The van der Waals surface area contributed by atoms with Gasteiger partial charge in [0.25, 0.3) is 0 Å². The number of halogens is 4. The first kappa shape index (κ1) is 13.5. The zero-order valence-electron chi connectivity index (χ0n) is 10.3. The molecule has 3 nitrogen and oxygen atoms in total. The largest absolute Gasteiger partial charge is 0.411 e. The molecule has 7 heteroatoms. The normalized spacial score (nSPS) is 17.2. The average Bonchev–Trinajstić information content (AvgIpc) is 3.13. The second kappa shape index (κ2) is 4.25. The molecule has 1 aliphatic carbocycles. The lowest BCUT2D eigenvalue weighted by Gasteiger charge is -2.23. The number of nitrogens with two attached hydrogens (primary N) is 1. The molecular formula is C13H11BrF3N3. The van der Waals surface area contributed by atoms with Crippen LogP contribution in [-0.2, 0) is 0 Å². The van der Waals surface area contributed by atoms with Crippen molar-refractivity contribution >= 4 is 38.2 Å². The molecule has 0 saturated heterocycles. The van der Waals surface area contributed by atoms with Crippen LogP contribution in [0.4, 0.5) is 24.5 Å². The van der Waals surface area contributed by atoms with Crippen LogP contribution in [0.15, 0.2) is 28.9 Å². The lowest BCUT2D eigenvalue weighted by Crippen LogP contribution is -2.38. The van der Waals surface area contributed by atoms with Crippen LogP contribution in [0.3, 0.4) is 0 Å². The predicted octanol–water partition coefficient (Wildman–Crippen LogP) is 4.09. The monoisotopic (exact) mass is 345 g/mol. The number of anilines is 2. The van der Waals surface area contributed by atoms with E-state index in [1.54, 1.807) is 18.2 Å². The molecule has 1 aromatic carbocycles. The fourth-order valence-electron chi connectivity index (χ4n) is 2.16. The Bertz CT molecular complexity index is 675. The molecule has 1 fully saturated rings. The van der Waals surface area contributed by atoms with Gasteiger partial charge in [0.1, 0.15) is 5.54 Å². The molecule has 3 rings (SSSR count). The number of fused-ring (bicyclic) bond motifs is 1. The van der Waals surface area contributed by atoms with Crippen LogP contribution < -0.4 is 11.1 Å². The van der Waals surface area contributed by atoms with E-state index in [1.807, 2.05) is 0 Å². The standard InChI is InChI=1S/C13H11BrF3N3/c14-7-1-2-10-8(5-7)11(9(18)6-19-10)20-12(3-4-12)13(15,16)17/h1-2,5-6H,3-4,18H2,(H,19,20). The summed E-state index contributed by atoms with van der Waals surface area (Å²) in [4.78, 5) is 4.13. The van der Waals surface area contributed by atoms with Crippen molar-refractivity contribution in [2.24, 2.45) is 0 Å². The molecule has 106 valence electrons. The van der Waals surface area contributed by atoms with Gasteiger partial charge in [-0.3, -0.25) is 4.98 Å². The molecule has 1 heterocycles. The number of nitrogens with one attached hydrogen (secondary N) is 1. The van der Waals surface area contributed by atoms with Crippen molar-refractivity contribution in [2.45, 2.75) is 24.6 Å². The molecule has 0 unspecified atom stereocenters. The molecule has 3 N–H and O–H groups in total. The van der Waals surface area contributed by atoms with Crippen LogP contribution in [0, 0.1) is 0 Å². The van der Waals surface area contributed by atoms with E-state index in [2.05, 4.69) is 26.2 Å². The maximum Gasteiger partial charge on any atom is 0.411 e. The minimum atomic E-state index is -4.29. The number of nitrogens with zero attached hydrogens (tertiary/aromatic N) is 1. The maximum absolute atomic E-state index is 13.1. The fourth-order valence-corrected chi connectivity index (χ4v) is 2.52. The first-order valence-electron chi connectivity index (χ1n) is 6.01. The zero-order valence-corrected chi connectivity index (χ0v) is 11.8. The second-order valence-corrected chi connectivity index (χ2v) is 5.87. The minimum absolute atomic E-state index is 0.0633. The number of rotatable bonds is 2. The number of hydrogen-bond donors (Lipinski definition) is 2. The van der Waals surface area contributed by atoms with Crippen LogP contribution in [0.2, 0.25) is 0 Å². The molecule has 0 bridgehead atoms. The quantitative estimate of drug-likeness (QED) is 0.861. The van der Waals surface area contributed by atoms with E-state index in [9.17, 15) is 13.2 Å². The van der Waals surface area contributed by atoms with E-state index in [1.165, 1.54) is 6.20 Å². The van der Waals surface area contributed by atoms with Gasteiger partial charge in [0.2, 0.25) is 0 Å². The van der Waals surface area contributed by atoms with Gasteiger partial charge in [-0.1, -0.05) is 15.9 Å². The van der Waals surface area contributed by atoms with Gasteiger partial charge in [-0.2, -0.15) is 13.2 Å². The number of pyridine rings is 1. The van der Waals surface area contributed by atoms with Crippen molar-refractivity contribution < 1.29 is 13.2 Å². The molecule has 0 atom stereocenters. The Balaban J connectivity index is 2.12. The van der Waals surface area contributed by atoms with Crippen molar-refractivity contribution in [1.29, 1.82) is 0 Å². The third-order valence-corrected chi connectivity index (χ3v) is 4.01. The topological polar surface area (TPSA) is 50.9 Å². The van der Waals surface area contributed by atoms with Gasteiger partial charge in [-0.25, -0.2) is 0 Å². The summed E-state index contributed by atoms with van der Waals surface area (Å²) in [6, 6.07) is 5.23. The van der Waals surface area contributed by atoms with Crippen molar-refractivity contribution in [2.75, 3.05) is 11.1 Å². The Morgan fingerprint density at radius 1 is 1.30 bits per heavy atom. The van der Waals surface area contributed by atoms with Crippen LogP contribution in [0.5, 0.6) is 0 Å². The molecule has 0 radical (unpaired) electrons. The number of aromatic nitrogens is 1. The van der Waals surface area contributed by atoms with Crippen molar-refractivity contribution in [3.8, 4) is 0 Å². The first-order chi connectivity index (χ1) is 9.32. The maximum atomic E-state index is 13.1. The molecule has 1 saturated carbocycles. The van der Waals surface area contributed by atoms with E-state index in [4.69, 9.17) is 5.73 Å². The Kier molecular flexibility index (Phi) is 2.86. The molecule has 1 aromatic heterocycles. The molecule has 1 aliphatic rings. The van der Waals surface area contributed by atoms with E-state index in [-0.39, 0.29) is 18.5 Å². The van der Waals surface area contributed by atoms with Crippen molar-refractivity contribution in [3.63, 3.8) is 0 Å². The van der Waals surface area contributed by atoms with Crippen LogP contribution in [0.1, 0.15) is 12.8 Å². The smallest absolute Gasteiger partial charge is 0.396 e. The number of nitrogen functional groups attached to an aromatic ring is 1. The summed E-state index contributed by atoms with van der Waals surface area (Å²) in [5.41, 5.74) is 5.07. The van der Waals surface area contributed by atoms with Gasteiger partial charge in [0.15, 0.2) is 0 Å². The van der Waals surface area contributed by atoms with Crippen molar-refractivity contribution in [3.05, 3.63) is 28.9 Å². The van der Waals surface area contributed by atoms with Crippen LogP contribution >= 0.6 is 15.9 Å². The van der Waals surface area contributed by atoms with E-state index >= 15 is 0 Å². The van der Waals surface area contributed by atoms with Gasteiger partial charge in [-0.05, 0) is 31.0 Å². The van der Waals surface area contributed by atoms with Crippen molar-refractivity contribution in [1.82, 2.24) is 4.98 Å². The lowest BCUT2D eigenvalue weighted by atomic mass is 10.1. The Morgan fingerprint density at radius 3 is 2.60 bits per heavy atom. The van der Waals surface area contributed by atoms with E-state index < -0.39 is 11.7 Å². The highest BCUT2D eigenvalue weighted by Crippen LogP contribution is 2.52. The first-order valence-corrected chi connectivity index (χ1v) is 6.80. The van der Waals surface area contributed by atoms with E-state index in [0.717, 1.165) is 4.47 Å². The minimum Gasteiger partial charge on any atom is -0.396 e. The zero-order chi connectivity index (χ0) is 14.5. The third-order valence-electron chi connectivity index (χ3n) is 3.52.